The first kappa shape index (κ1) is 19.0. The summed E-state index contributed by atoms with van der Waals surface area (Å²) < 4.78 is 33.8. The third-order valence-corrected chi connectivity index (χ3v) is 4.69. The number of urea groups is 1. The van der Waals surface area contributed by atoms with Gasteiger partial charge in [0.05, 0.1) is 5.54 Å². The summed E-state index contributed by atoms with van der Waals surface area (Å²) in [6, 6.07) is 4.85. The fourth-order valence-corrected chi connectivity index (χ4v) is 2.88. The quantitative estimate of drug-likeness (QED) is 0.579. The van der Waals surface area contributed by atoms with Crippen molar-refractivity contribution in [2.75, 3.05) is 0 Å². The van der Waals surface area contributed by atoms with Crippen LogP contribution in [0.15, 0.2) is 39.9 Å². The molecule has 2 N–H and O–H groups in total. The lowest BCUT2D eigenvalue weighted by atomic mass is 10.3. The number of hydrogen-bond acceptors (Lipinski definition) is 5. The molecule has 6 nitrogen and oxygen atoms in total. The number of halogens is 2. The number of sulfonamides is 1. The number of rotatable bonds is 6. The van der Waals surface area contributed by atoms with Crippen LogP contribution in [0, 0.1) is 0 Å². The summed E-state index contributed by atoms with van der Waals surface area (Å²) in [7, 11) is -4.12. The molecule has 1 aromatic carbocycles. The van der Waals surface area contributed by atoms with Crippen LogP contribution in [0.1, 0.15) is 13.8 Å². The van der Waals surface area contributed by atoms with Gasteiger partial charge in [-0.15, -0.1) is 0 Å². The maximum Gasteiger partial charge on any atom is 0.338 e. The zero-order valence-corrected chi connectivity index (χ0v) is 14.8. The molecular formula is C12H14Cl2N2O4S2. The van der Waals surface area contributed by atoms with E-state index in [0.717, 1.165) is 17.5 Å². The fourth-order valence-electron chi connectivity index (χ4n) is 1.25. The average Bonchev–Trinajstić information content (AvgIpc) is 2.45. The van der Waals surface area contributed by atoms with E-state index in [0.29, 0.717) is 0 Å². The van der Waals surface area contributed by atoms with Gasteiger partial charge in [0.2, 0.25) is 5.22 Å². The van der Waals surface area contributed by atoms with Crippen molar-refractivity contribution >= 4 is 51.2 Å². The molecule has 10 heteroatoms. The molecule has 0 aliphatic heterocycles. The van der Waals surface area contributed by atoms with Crippen molar-refractivity contribution in [3.05, 3.63) is 35.0 Å². The van der Waals surface area contributed by atoms with Gasteiger partial charge in [-0.25, -0.2) is 17.9 Å². The molecule has 1 aromatic rings. The van der Waals surface area contributed by atoms with Gasteiger partial charge in [-0.05, 0) is 35.7 Å². The van der Waals surface area contributed by atoms with E-state index < -0.39 is 16.1 Å². The van der Waals surface area contributed by atoms with Crippen molar-refractivity contribution in [2.24, 2.45) is 0 Å². The van der Waals surface area contributed by atoms with Crippen LogP contribution >= 0.6 is 35.1 Å². The van der Waals surface area contributed by atoms with Crippen LogP contribution in [-0.4, -0.2) is 19.7 Å². The zero-order chi connectivity index (χ0) is 16.8. The lowest BCUT2D eigenvalue weighted by Crippen LogP contribution is -2.37. The molecule has 0 radical (unpaired) electrons. The number of hydrogen-bond donors (Lipinski definition) is 2. The van der Waals surface area contributed by atoms with Gasteiger partial charge in [0.15, 0.2) is 0 Å². The van der Waals surface area contributed by atoms with Gasteiger partial charge in [-0.1, -0.05) is 37.6 Å². The Bertz CT molecular complexity index is 663. The topological polar surface area (TPSA) is 84.5 Å². The number of amides is 2. The molecule has 0 spiro atoms. The van der Waals surface area contributed by atoms with Gasteiger partial charge >= 0.3 is 6.03 Å². The first-order valence-electron chi connectivity index (χ1n) is 5.97. The summed E-state index contributed by atoms with van der Waals surface area (Å²) in [5, 5.41) is -0.0964. The molecule has 0 saturated heterocycles. The van der Waals surface area contributed by atoms with Gasteiger partial charge in [0.1, 0.15) is 10.6 Å². The van der Waals surface area contributed by atoms with Crippen molar-refractivity contribution < 1.29 is 17.9 Å². The van der Waals surface area contributed by atoms with E-state index in [-0.39, 0.29) is 21.1 Å². The lowest BCUT2D eigenvalue weighted by Gasteiger charge is -2.12. The summed E-state index contributed by atoms with van der Waals surface area (Å²) >= 11 is 12.1. The monoisotopic (exact) mass is 384 g/mol. The minimum atomic E-state index is -4.12. The first-order valence-corrected chi connectivity index (χ1v) is 9.15. The fraction of sp³-hybridized carbons (Fsp3) is 0.250. The molecule has 22 heavy (non-hydrogen) atoms. The van der Waals surface area contributed by atoms with Crippen molar-refractivity contribution in [2.45, 2.75) is 24.0 Å². The second kappa shape index (κ2) is 8.52. The van der Waals surface area contributed by atoms with E-state index in [2.05, 4.69) is 4.72 Å². The highest BCUT2D eigenvalue weighted by Gasteiger charge is 2.22. The van der Waals surface area contributed by atoms with Gasteiger partial charge in [0, 0.05) is 5.25 Å². The second-order valence-corrected chi connectivity index (χ2v) is 7.79. The number of para-hydroxylation sites is 1. The molecule has 0 atom stereocenters. The number of ether oxygens (including phenoxy) is 1. The Morgan fingerprint density at radius 1 is 1.36 bits per heavy atom. The third-order valence-electron chi connectivity index (χ3n) is 2.05. The average molecular weight is 385 g/mol. The smallest absolute Gasteiger partial charge is 0.338 e. The molecule has 0 aliphatic carbocycles. The van der Waals surface area contributed by atoms with E-state index >= 15 is 0 Å². The van der Waals surface area contributed by atoms with Gasteiger partial charge in [0.25, 0.3) is 10.0 Å². The van der Waals surface area contributed by atoms with Crippen molar-refractivity contribution in [3.8, 4) is 5.75 Å². The number of benzene rings is 1. The van der Waals surface area contributed by atoms with Crippen LogP contribution in [0.4, 0.5) is 4.79 Å². The normalized spacial score (nSPS) is 12.1. The minimum absolute atomic E-state index is 0.0544. The summed E-state index contributed by atoms with van der Waals surface area (Å²) in [4.78, 5) is 11.4. The number of nitrogens with one attached hydrogen (secondary N) is 2. The lowest BCUT2D eigenvalue weighted by molar-refractivity contribution is 0.251. The molecule has 0 aliphatic rings. The molecule has 0 bridgehead atoms. The van der Waals surface area contributed by atoms with Crippen molar-refractivity contribution in [1.82, 2.24) is 9.44 Å². The maximum atomic E-state index is 12.2. The maximum absolute atomic E-state index is 12.2. The molecule has 0 heterocycles. The Balaban J connectivity index is 2.96. The predicted octanol–water partition coefficient (Wildman–Crippen LogP) is 3.39. The Morgan fingerprint density at radius 2 is 2.00 bits per heavy atom. The molecular weight excluding hydrogens is 371 g/mol. The standard InChI is InChI=1S/C12H14Cl2N2O4S2/c1-8(2)21-15-12(17)16-22(18,19)10-6-4-3-5-9(10)20-11(14)7-13/h3-8H,1-2H3,(H2,15,16,17). The molecule has 122 valence electrons. The summed E-state index contributed by atoms with van der Waals surface area (Å²) in [6.45, 7) is 3.70. The van der Waals surface area contributed by atoms with Crippen LogP contribution < -0.4 is 14.2 Å². The Morgan fingerprint density at radius 3 is 2.59 bits per heavy atom. The summed E-state index contributed by atoms with van der Waals surface area (Å²) in [6.07, 6.45) is 0. The highest BCUT2D eigenvalue weighted by molar-refractivity contribution is 7.98. The zero-order valence-electron chi connectivity index (χ0n) is 11.7. The van der Waals surface area contributed by atoms with Gasteiger partial charge < -0.3 is 4.74 Å². The largest absolute Gasteiger partial charge is 0.443 e. The van der Waals surface area contributed by atoms with Crippen LogP contribution in [-0.2, 0) is 10.0 Å². The van der Waals surface area contributed by atoms with E-state index in [9.17, 15) is 13.2 Å². The molecule has 0 saturated carbocycles. The van der Waals surface area contributed by atoms with E-state index in [4.69, 9.17) is 27.9 Å². The predicted molar refractivity (Wildman–Crippen MR) is 88.4 cm³/mol. The van der Waals surface area contributed by atoms with Crippen LogP contribution in [0.5, 0.6) is 5.75 Å². The molecule has 1 rings (SSSR count). The van der Waals surface area contributed by atoms with Crippen molar-refractivity contribution in [3.63, 3.8) is 0 Å². The minimum Gasteiger partial charge on any atom is -0.443 e. The van der Waals surface area contributed by atoms with Crippen LogP contribution in [0.2, 0.25) is 0 Å². The van der Waals surface area contributed by atoms with Gasteiger partial charge in [-0.3, -0.25) is 4.72 Å². The highest BCUT2D eigenvalue weighted by atomic mass is 35.5. The van der Waals surface area contributed by atoms with E-state index in [1.807, 2.05) is 18.6 Å². The third kappa shape index (κ3) is 5.96. The van der Waals surface area contributed by atoms with E-state index in [1.54, 1.807) is 6.07 Å². The van der Waals surface area contributed by atoms with Gasteiger partial charge in [-0.2, -0.15) is 0 Å². The molecule has 0 unspecified atom stereocenters. The molecule has 0 fully saturated rings. The SMILES string of the molecule is CC(C)SNC(=O)NS(=O)(=O)c1ccccc1OC(Cl)=CCl. The highest BCUT2D eigenvalue weighted by Crippen LogP contribution is 2.26. The Hall–Kier alpha value is -1.09. The number of carbonyl (C=O) groups is 1. The first-order chi connectivity index (χ1) is 10.3. The van der Waals surface area contributed by atoms with Crippen LogP contribution in [0.25, 0.3) is 0 Å². The van der Waals surface area contributed by atoms with Crippen molar-refractivity contribution in [1.29, 1.82) is 0 Å². The summed E-state index contributed by atoms with van der Waals surface area (Å²) in [5.41, 5.74) is 0.949. The summed E-state index contributed by atoms with van der Waals surface area (Å²) in [5.74, 6) is -0.0544. The molecule has 2 amide bonds. The molecule has 0 aromatic heterocycles. The Labute approximate surface area is 143 Å². The van der Waals surface area contributed by atoms with E-state index in [1.165, 1.54) is 18.2 Å². The Kier molecular flexibility index (Phi) is 7.34. The second-order valence-electron chi connectivity index (χ2n) is 4.17. The van der Waals surface area contributed by atoms with Crippen LogP contribution in [0.3, 0.4) is 0 Å². The number of carbonyl (C=O) groups excluding carboxylic acids is 1.